The van der Waals surface area contributed by atoms with Crippen molar-refractivity contribution in [3.8, 4) is 0 Å². The third-order valence-corrected chi connectivity index (χ3v) is 1.66. The zero-order valence-electron chi connectivity index (χ0n) is 7.38. The average molecular weight is 198 g/mol. The van der Waals surface area contributed by atoms with Gasteiger partial charge in [0, 0.05) is 0 Å². The molecular weight excluding hydrogens is 189 g/mol. The first-order valence-corrected chi connectivity index (χ1v) is 4.00. The van der Waals surface area contributed by atoms with Gasteiger partial charge in [0.15, 0.2) is 0 Å². The van der Waals surface area contributed by atoms with E-state index in [1.165, 1.54) is 12.1 Å². The molecule has 0 unspecified atom stereocenters. The van der Waals surface area contributed by atoms with Crippen LogP contribution in [0.2, 0.25) is 0 Å². The van der Waals surface area contributed by atoms with E-state index in [0.717, 1.165) is 17.7 Å². The Kier molecular flexibility index (Phi) is 3.12. The molecule has 0 radical (unpaired) electrons. The summed E-state index contributed by atoms with van der Waals surface area (Å²) < 4.78 is 36.4. The second-order valence-corrected chi connectivity index (χ2v) is 2.71. The predicted octanol–water partition coefficient (Wildman–Crippen LogP) is 3.90. The number of alkyl halides is 3. The van der Waals surface area contributed by atoms with Gasteiger partial charge in [-0.2, -0.15) is 13.2 Å². The smallest absolute Gasteiger partial charge is 0.166 e. The van der Waals surface area contributed by atoms with Gasteiger partial charge in [0.25, 0.3) is 0 Å². The second-order valence-electron chi connectivity index (χ2n) is 2.71. The van der Waals surface area contributed by atoms with E-state index in [1.807, 2.05) is 0 Å². The molecule has 0 N–H and O–H groups in total. The molecule has 0 saturated carbocycles. The summed E-state index contributed by atoms with van der Waals surface area (Å²) in [4.78, 5) is 0. The molecule has 0 atom stereocenters. The summed E-state index contributed by atoms with van der Waals surface area (Å²) >= 11 is 0. The van der Waals surface area contributed by atoms with Crippen LogP contribution in [0.1, 0.15) is 11.1 Å². The summed E-state index contributed by atoms with van der Waals surface area (Å²) in [5.41, 5.74) is 0.0890. The number of benzene rings is 1. The molecule has 0 saturated heterocycles. The first-order valence-electron chi connectivity index (χ1n) is 4.00. The Balaban J connectivity index is 2.89. The topological polar surface area (TPSA) is 0 Å². The highest BCUT2D eigenvalue weighted by molar-refractivity contribution is 5.51. The van der Waals surface area contributed by atoms with Crippen molar-refractivity contribution < 1.29 is 13.2 Å². The lowest BCUT2D eigenvalue weighted by Crippen LogP contribution is -2.03. The van der Waals surface area contributed by atoms with Gasteiger partial charge in [-0.25, -0.2) is 0 Å². The van der Waals surface area contributed by atoms with Gasteiger partial charge < -0.3 is 0 Å². The fourth-order valence-corrected chi connectivity index (χ4v) is 0.962. The molecule has 0 aromatic heterocycles. The highest BCUT2D eigenvalue weighted by atomic mass is 19.4. The van der Waals surface area contributed by atoms with E-state index in [0.29, 0.717) is 0 Å². The highest BCUT2D eigenvalue weighted by Crippen LogP contribution is 2.29. The molecule has 0 spiro atoms. The molecular formula is C11H9F3. The number of hydrogen-bond donors (Lipinski definition) is 0. The van der Waals surface area contributed by atoms with Crippen molar-refractivity contribution in [1.82, 2.24) is 0 Å². The van der Waals surface area contributed by atoms with E-state index < -0.39 is 11.7 Å². The summed E-state index contributed by atoms with van der Waals surface area (Å²) in [5.74, 6) is 0. The maximum Gasteiger partial charge on any atom is 0.416 e. The molecule has 0 fully saturated rings. The monoisotopic (exact) mass is 198 g/mol. The van der Waals surface area contributed by atoms with Crippen molar-refractivity contribution in [1.29, 1.82) is 0 Å². The molecule has 0 heterocycles. The van der Waals surface area contributed by atoms with Crippen LogP contribution in [0.5, 0.6) is 0 Å². The van der Waals surface area contributed by atoms with Gasteiger partial charge in [-0.05, 0) is 17.7 Å². The lowest BCUT2D eigenvalue weighted by molar-refractivity contribution is -0.137. The van der Waals surface area contributed by atoms with E-state index >= 15 is 0 Å². The number of hydrogen-bond acceptors (Lipinski definition) is 0. The predicted molar refractivity (Wildman–Crippen MR) is 50.7 cm³/mol. The third kappa shape index (κ3) is 2.76. The maximum absolute atomic E-state index is 12.1. The van der Waals surface area contributed by atoms with Crippen molar-refractivity contribution in [3.05, 3.63) is 54.1 Å². The Hall–Kier alpha value is -1.51. The summed E-state index contributed by atoms with van der Waals surface area (Å²) in [6.45, 7) is 3.47. The van der Waals surface area contributed by atoms with Crippen molar-refractivity contribution in [3.63, 3.8) is 0 Å². The van der Waals surface area contributed by atoms with Crippen LogP contribution in [0.4, 0.5) is 13.2 Å². The Labute approximate surface area is 80.4 Å². The van der Waals surface area contributed by atoms with Crippen LogP contribution in [0.3, 0.4) is 0 Å². The molecule has 14 heavy (non-hydrogen) atoms. The molecule has 0 aliphatic rings. The number of rotatable bonds is 2. The number of allylic oxidation sites excluding steroid dienone is 2. The van der Waals surface area contributed by atoms with E-state index in [1.54, 1.807) is 18.2 Å². The summed E-state index contributed by atoms with van der Waals surface area (Å²) in [5, 5.41) is 0. The Morgan fingerprint density at radius 1 is 1.07 bits per heavy atom. The molecule has 0 bridgehead atoms. The van der Waals surface area contributed by atoms with Gasteiger partial charge in [-0.3, -0.25) is 0 Å². The molecule has 3 heteroatoms. The van der Waals surface area contributed by atoms with Crippen LogP contribution < -0.4 is 0 Å². The van der Waals surface area contributed by atoms with Crippen molar-refractivity contribution in [2.45, 2.75) is 6.18 Å². The van der Waals surface area contributed by atoms with Crippen LogP contribution >= 0.6 is 0 Å². The normalized spacial score (nSPS) is 11.9. The maximum atomic E-state index is 12.1. The zero-order chi connectivity index (χ0) is 10.6. The van der Waals surface area contributed by atoms with Crippen molar-refractivity contribution >= 4 is 6.08 Å². The van der Waals surface area contributed by atoms with E-state index in [2.05, 4.69) is 6.58 Å². The second kappa shape index (κ2) is 4.13. The highest BCUT2D eigenvalue weighted by Gasteiger charge is 2.29. The minimum Gasteiger partial charge on any atom is -0.166 e. The Bertz CT molecular complexity index is 331. The summed E-state index contributed by atoms with van der Waals surface area (Å²) in [6, 6.07) is 4.96. The molecule has 1 rings (SSSR count). The standard InChI is InChI=1S/C11H9F3/c1-2-3-4-9-5-7-10(8-6-9)11(12,13)14/h2-8H,1H2/b4-3-. The molecule has 0 aliphatic carbocycles. The average Bonchev–Trinajstić information content (AvgIpc) is 2.14. The van der Waals surface area contributed by atoms with Gasteiger partial charge in [0.1, 0.15) is 0 Å². The molecule has 74 valence electrons. The largest absolute Gasteiger partial charge is 0.416 e. The minimum absolute atomic E-state index is 0.631. The first-order chi connectivity index (χ1) is 6.54. The SMILES string of the molecule is C=C/C=C\c1ccc(C(F)(F)F)cc1. The van der Waals surface area contributed by atoms with Crippen LogP contribution in [0, 0.1) is 0 Å². The zero-order valence-corrected chi connectivity index (χ0v) is 7.38. The van der Waals surface area contributed by atoms with Crippen LogP contribution in [0.25, 0.3) is 6.08 Å². The summed E-state index contributed by atoms with van der Waals surface area (Å²) in [7, 11) is 0. The van der Waals surface area contributed by atoms with Gasteiger partial charge in [-0.15, -0.1) is 0 Å². The molecule has 0 nitrogen and oxygen atoms in total. The van der Waals surface area contributed by atoms with Gasteiger partial charge in [0.2, 0.25) is 0 Å². The molecule has 0 amide bonds. The Morgan fingerprint density at radius 3 is 2.07 bits per heavy atom. The number of halogens is 3. The van der Waals surface area contributed by atoms with E-state index in [-0.39, 0.29) is 0 Å². The molecule has 1 aromatic carbocycles. The van der Waals surface area contributed by atoms with Crippen LogP contribution in [0.15, 0.2) is 43.0 Å². The van der Waals surface area contributed by atoms with E-state index in [9.17, 15) is 13.2 Å². The lowest BCUT2D eigenvalue weighted by Gasteiger charge is -2.05. The van der Waals surface area contributed by atoms with Crippen LogP contribution in [-0.2, 0) is 6.18 Å². The van der Waals surface area contributed by atoms with Gasteiger partial charge >= 0.3 is 6.18 Å². The minimum atomic E-state index is -4.26. The van der Waals surface area contributed by atoms with Gasteiger partial charge in [-0.1, -0.05) is 36.9 Å². The lowest BCUT2D eigenvalue weighted by atomic mass is 10.1. The fraction of sp³-hybridized carbons (Fsp3) is 0.0909. The van der Waals surface area contributed by atoms with Gasteiger partial charge in [0.05, 0.1) is 5.56 Å². The summed E-state index contributed by atoms with van der Waals surface area (Å²) in [6.07, 6.45) is 0.661. The van der Waals surface area contributed by atoms with Crippen molar-refractivity contribution in [2.75, 3.05) is 0 Å². The molecule has 0 aliphatic heterocycles. The fourth-order valence-electron chi connectivity index (χ4n) is 0.962. The van der Waals surface area contributed by atoms with Crippen LogP contribution in [-0.4, -0.2) is 0 Å². The quantitative estimate of drug-likeness (QED) is 0.632. The first kappa shape index (κ1) is 10.6. The Morgan fingerprint density at radius 2 is 1.64 bits per heavy atom. The van der Waals surface area contributed by atoms with E-state index in [4.69, 9.17) is 0 Å². The third-order valence-electron chi connectivity index (χ3n) is 1.66. The molecule has 1 aromatic rings. The van der Waals surface area contributed by atoms with Crippen molar-refractivity contribution in [2.24, 2.45) is 0 Å².